The van der Waals surface area contributed by atoms with Gasteiger partial charge in [0.15, 0.2) is 11.5 Å². The number of nitrogen functional groups attached to an aromatic ring is 1. The van der Waals surface area contributed by atoms with Gasteiger partial charge in [-0.1, -0.05) is 0 Å². The summed E-state index contributed by atoms with van der Waals surface area (Å²) in [5.41, 5.74) is 10.3. The second kappa shape index (κ2) is 8.61. The first-order valence-corrected chi connectivity index (χ1v) is 10.1. The molecule has 9 nitrogen and oxygen atoms in total. The number of ether oxygens (including phenoxy) is 1. The number of rotatable bonds is 5. The number of anilines is 2. The molecule has 0 unspecified atom stereocenters. The van der Waals surface area contributed by atoms with Crippen LogP contribution >= 0.6 is 0 Å². The SMILES string of the molecule is Nc1nn2ccc(C(F)(F)F)nc2c1C(=O)Nc1cnccc1OCC1CCC(N)CC1. The minimum Gasteiger partial charge on any atom is -0.491 e. The lowest BCUT2D eigenvalue weighted by atomic mass is 9.87. The van der Waals surface area contributed by atoms with Crippen molar-refractivity contribution >= 4 is 23.1 Å². The first-order chi connectivity index (χ1) is 15.2. The summed E-state index contributed by atoms with van der Waals surface area (Å²) in [4.78, 5) is 20.4. The standard InChI is InChI=1S/C20H22F3N7O2/c21-20(22,23)15-6-8-30-18(28-15)16(17(25)29-30)19(31)27-13-9-26-7-5-14(13)32-10-11-1-3-12(24)4-2-11/h5-9,11-12H,1-4,10,24H2,(H2,25,29)(H,27,31). The third-order valence-electron chi connectivity index (χ3n) is 5.42. The van der Waals surface area contributed by atoms with Crippen molar-refractivity contribution in [2.24, 2.45) is 11.7 Å². The van der Waals surface area contributed by atoms with Gasteiger partial charge in [-0.3, -0.25) is 9.78 Å². The lowest BCUT2D eigenvalue weighted by molar-refractivity contribution is -0.141. The van der Waals surface area contributed by atoms with Crippen molar-refractivity contribution in [3.8, 4) is 5.75 Å². The molecule has 0 aliphatic heterocycles. The number of carbonyl (C=O) groups excluding carboxylic acids is 1. The molecule has 5 N–H and O–H groups in total. The summed E-state index contributed by atoms with van der Waals surface area (Å²) in [6.07, 6.45) is 3.07. The van der Waals surface area contributed by atoms with Gasteiger partial charge in [0.1, 0.15) is 22.7 Å². The number of fused-ring (bicyclic) bond motifs is 1. The van der Waals surface area contributed by atoms with Crippen molar-refractivity contribution in [3.63, 3.8) is 0 Å². The quantitative estimate of drug-likeness (QED) is 0.545. The second-order valence-electron chi connectivity index (χ2n) is 7.76. The van der Waals surface area contributed by atoms with E-state index in [1.165, 1.54) is 12.4 Å². The average molecular weight is 449 g/mol. The summed E-state index contributed by atoms with van der Waals surface area (Å²) in [7, 11) is 0. The van der Waals surface area contributed by atoms with Crippen LogP contribution in [-0.4, -0.2) is 38.1 Å². The van der Waals surface area contributed by atoms with Gasteiger partial charge in [-0.2, -0.15) is 13.2 Å². The molecule has 0 radical (unpaired) electrons. The number of aromatic nitrogens is 4. The average Bonchev–Trinajstić information content (AvgIpc) is 3.08. The molecule has 1 amide bonds. The van der Waals surface area contributed by atoms with Crippen LogP contribution in [0, 0.1) is 5.92 Å². The van der Waals surface area contributed by atoms with E-state index in [0.29, 0.717) is 18.3 Å². The Balaban J connectivity index is 1.54. The second-order valence-corrected chi connectivity index (χ2v) is 7.76. The highest BCUT2D eigenvalue weighted by Gasteiger charge is 2.34. The molecule has 0 spiro atoms. The molecule has 32 heavy (non-hydrogen) atoms. The molecule has 1 fully saturated rings. The molecule has 1 saturated carbocycles. The summed E-state index contributed by atoms with van der Waals surface area (Å²) in [6.45, 7) is 0.453. The number of halogens is 3. The minimum atomic E-state index is -4.68. The number of nitrogens with one attached hydrogen (secondary N) is 1. The number of amides is 1. The van der Waals surface area contributed by atoms with Gasteiger partial charge in [0.05, 0.1) is 12.8 Å². The zero-order chi connectivity index (χ0) is 22.9. The molecule has 0 bridgehead atoms. The Labute approximate surface area is 181 Å². The summed E-state index contributed by atoms with van der Waals surface area (Å²) < 4.78 is 46.1. The lowest BCUT2D eigenvalue weighted by Gasteiger charge is -2.26. The Morgan fingerprint density at radius 2 is 2.00 bits per heavy atom. The van der Waals surface area contributed by atoms with E-state index in [1.54, 1.807) is 6.07 Å². The Bertz CT molecular complexity index is 1120. The van der Waals surface area contributed by atoms with Crippen molar-refractivity contribution in [3.05, 3.63) is 42.0 Å². The summed E-state index contributed by atoms with van der Waals surface area (Å²) >= 11 is 0. The molecular weight excluding hydrogens is 427 g/mol. The van der Waals surface area contributed by atoms with Gasteiger partial charge in [0, 0.05) is 24.5 Å². The van der Waals surface area contributed by atoms with E-state index < -0.39 is 17.8 Å². The number of alkyl halides is 3. The highest BCUT2D eigenvalue weighted by atomic mass is 19.4. The largest absolute Gasteiger partial charge is 0.491 e. The molecule has 0 aromatic carbocycles. The van der Waals surface area contributed by atoms with Crippen molar-refractivity contribution < 1.29 is 22.7 Å². The monoisotopic (exact) mass is 449 g/mol. The van der Waals surface area contributed by atoms with E-state index in [0.717, 1.165) is 42.5 Å². The van der Waals surface area contributed by atoms with Crippen LogP contribution in [0.25, 0.3) is 5.65 Å². The molecule has 1 aliphatic carbocycles. The summed E-state index contributed by atoms with van der Waals surface area (Å²) in [5, 5.41) is 6.47. The zero-order valence-corrected chi connectivity index (χ0v) is 17.0. The zero-order valence-electron chi connectivity index (χ0n) is 17.0. The fourth-order valence-electron chi connectivity index (χ4n) is 3.67. The molecule has 1 aliphatic rings. The Morgan fingerprint density at radius 1 is 1.25 bits per heavy atom. The van der Waals surface area contributed by atoms with Crippen LogP contribution in [-0.2, 0) is 6.18 Å². The van der Waals surface area contributed by atoms with Crippen molar-refractivity contribution in [2.75, 3.05) is 17.7 Å². The normalized spacial score (nSPS) is 19.1. The molecule has 0 saturated heterocycles. The topological polar surface area (TPSA) is 133 Å². The highest BCUT2D eigenvalue weighted by Crippen LogP contribution is 2.30. The first kappa shape index (κ1) is 21.8. The van der Waals surface area contributed by atoms with Gasteiger partial charge in [-0.25, -0.2) is 9.50 Å². The fourth-order valence-corrected chi connectivity index (χ4v) is 3.67. The molecule has 3 heterocycles. The Kier molecular flexibility index (Phi) is 5.87. The molecule has 170 valence electrons. The van der Waals surface area contributed by atoms with E-state index >= 15 is 0 Å². The molecule has 3 aromatic rings. The maximum Gasteiger partial charge on any atom is 0.433 e. The molecule has 0 atom stereocenters. The maximum atomic E-state index is 13.1. The number of nitrogens with zero attached hydrogens (tertiary/aromatic N) is 4. The van der Waals surface area contributed by atoms with E-state index in [1.807, 2.05) is 0 Å². The smallest absolute Gasteiger partial charge is 0.433 e. The van der Waals surface area contributed by atoms with Gasteiger partial charge in [0.25, 0.3) is 5.91 Å². The van der Waals surface area contributed by atoms with Crippen LogP contribution in [0.1, 0.15) is 41.7 Å². The predicted molar refractivity (Wildman–Crippen MR) is 110 cm³/mol. The van der Waals surface area contributed by atoms with Gasteiger partial charge in [-0.05, 0) is 37.7 Å². The van der Waals surface area contributed by atoms with Crippen LogP contribution in [0.2, 0.25) is 0 Å². The third kappa shape index (κ3) is 4.59. The van der Waals surface area contributed by atoms with E-state index in [-0.39, 0.29) is 28.8 Å². The molecule has 12 heteroatoms. The van der Waals surface area contributed by atoms with Crippen molar-refractivity contribution in [1.29, 1.82) is 0 Å². The van der Waals surface area contributed by atoms with E-state index in [4.69, 9.17) is 16.2 Å². The number of carbonyl (C=O) groups is 1. The van der Waals surface area contributed by atoms with Crippen molar-refractivity contribution in [1.82, 2.24) is 19.6 Å². The maximum absolute atomic E-state index is 13.1. The fraction of sp³-hybridized carbons (Fsp3) is 0.400. The summed E-state index contributed by atoms with van der Waals surface area (Å²) in [5.74, 6) is -0.279. The van der Waals surface area contributed by atoms with Gasteiger partial charge in [-0.15, -0.1) is 5.10 Å². The molecule has 3 aromatic heterocycles. The van der Waals surface area contributed by atoms with Crippen LogP contribution < -0.4 is 21.5 Å². The Hall–Kier alpha value is -3.41. The number of hydrogen-bond acceptors (Lipinski definition) is 7. The molecule has 4 rings (SSSR count). The molecular formula is C20H22F3N7O2. The van der Waals surface area contributed by atoms with Gasteiger partial charge >= 0.3 is 6.18 Å². The Morgan fingerprint density at radius 3 is 2.72 bits per heavy atom. The highest BCUT2D eigenvalue weighted by molar-refractivity contribution is 6.12. The third-order valence-corrected chi connectivity index (χ3v) is 5.42. The predicted octanol–water partition coefficient (Wildman–Crippen LogP) is 2.87. The van der Waals surface area contributed by atoms with Crippen LogP contribution in [0.15, 0.2) is 30.7 Å². The lowest BCUT2D eigenvalue weighted by Crippen LogP contribution is -2.28. The summed E-state index contributed by atoms with van der Waals surface area (Å²) in [6, 6.07) is 2.58. The van der Waals surface area contributed by atoms with E-state index in [9.17, 15) is 18.0 Å². The van der Waals surface area contributed by atoms with E-state index in [2.05, 4.69) is 20.4 Å². The first-order valence-electron chi connectivity index (χ1n) is 10.1. The van der Waals surface area contributed by atoms with Crippen LogP contribution in [0.3, 0.4) is 0 Å². The number of pyridine rings is 1. The van der Waals surface area contributed by atoms with Gasteiger partial charge in [0.2, 0.25) is 0 Å². The van der Waals surface area contributed by atoms with Crippen LogP contribution in [0.4, 0.5) is 24.7 Å². The number of hydrogen-bond donors (Lipinski definition) is 3. The minimum absolute atomic E-state index is 0.227. The van der Waals surface area contributed by atoms with Crippen molar-refractivity contribution in [2.45, 2.75) is 37.9 Å². The van der Waals surface area contributed by atoms with Crippen LogP contribution in [0.5, 0.6) is 5.75 Å². The van der Waals surface area contributed by atoms with Gasteiger partial charge < -0.3 is 21.5 Å². The number of nitrogens with two attached hydrogens (primary N) is 2.